The molecule has 0 bridgehead atoms. The van der Waals surface area contributed by atoms with Crippen molar-refractivity contribution in [3.8, 4) is 11.5 Å². The third-order valence-corrected chi connectivity index (χ3v) is 3.68. The van der Waals surface area contributed by atoms with Crippen molar-refractivity contribution in [2.24, 2.45) is 5.10 Å². The molecule has 0 aliphatic carbocycles. The van der Waals surface area contributed by atoms with Crippen molar-refractivity contribution in [3.05, 3.63) is 81.8 Å². The molecule has 0 fully saturated rings. The topological polar surface area (TPSA) is 88.6 Å². The highest BCUT2D eigenvalue weighted by Gasteiger charge is 2.05. The van der Waals surface area contributed by atoms with E-state index in [0.717, 1.165) is 11.1 Å². The van der Waals surface area contributed by atoms with Crippen LogP contribution in [-0.4, -0.2) is 23.3 Å². The third kappa shape index (κ3) is 5.18. The minimum Gasteiger partial charge on any atom is -0.493 e. The van der Waals surface area contributed by atoms with Crippen molar-refractivity contribution in [1.29, 1.82) is 0 Å². The highest BCUT2D eigenvalue weighted by molar-refractivity contribution is 5.81. The summed E-state index contributed by atoms with van der Waals surface area (Å²) in [6, 6.07) is 16.8. The molecule has 1 aromatic heterocycles. The molecule has 0 radical (unpaired) electrons. The van der Waals surface area contributed by atoms with Crippen LogP contribution in [0.1, 0.15) is 16.8 Å². The number of aromatic nitrogens is 2. The second-order valence-electron chi connectivity index (χ2n) is 5.79. The predicted octanol–water partition coefficient (Wildman–Crippen LogP) is 3.11. The van der Waals surface area contributed by atoms with Crippen LogP contribution in [0.5, 0.6) is 11.5 Å². The van der Waals surface area contributed by atoms with Gasteiger partial charge in [0.25, 0.3) is 5.56 Å². The number of H-pyrrole nitrogens is 1. The summed E-state index contributed by atoms with van der Waals surface area (Å²) in [4.78, 5) is 18.1. The molecule has 2 N–H and O–H groups in total. The molecule has 0 saturated carbocycles. The van der Waals surface area contributed by atoms with Gasteiger partial charge in [0, 0.05) is 11.8 Å². The van der Waals surface area contributed by atoms with E-state index in [2.05, 4.69) is 20.5 Å². The zero-order valence-electron chi connectivity index (χ0n) is 15.1. The number of ether oxygens (including phenoxy) is 2. The maximum Gasteiger partial charge on any atom is 0.252 e. The van der Waals surface area contributed by atoms with Crippen molar-refractivity contribution in [2.75, 3.05) is 12.5 Å². The fourth-order valence-corrected chi connectivity index (χ4v) is 2.42. The summed E-state index contributed by atoms with van der Waals surface area (Å²) < 4.78 is 11.2. The Morgan fingerprint density at radius 3 is 2.70 bits per heavy atom. The van der Waals surface area contributed by atoms with Gasteiger partial charge in [-0.25, -0.2) is 10.4 Å². The summed E-state index contributed by atoms with van der Waals surface area (Å²) in [5, 5.41) is 4.09. The quantitative estimate of drug-likeness (QED) is 0.497. The molecular formula is C20H20N4O3. The standard InChI is InChI=1S/C20H20N4O3/c1-14-10-19(25)23-20(22-14)24-21-12-16-8-9-17(18(11-16)26-2)27-13-15-6-4-3-5-7-15/h3-12H,13H2,1-2H3,(H2,22,23,24,25)/b21-12-. The highest BCUT2D eigenvalue weighted by atomic mass is 16.5. The van der Waals surface area contributed by atoms with Crippen molar-refractivity contribution >= 4 is 12.2 Å². The van der Waals surface area contributed by atoms with Crippen molar-refractivity contribution in [3.63, 3.8) is 0 Å². The Kier molecular flexibility index (Phi) is 5.84. The molecule has 138 valence electrons. The first kappa shape index (κ1) is 18.2. The molecule has 0 spiro atoms. The van der Waals surface area contributed by atoms with Crippen LogP contribution in [0, 0.1) is 6.92 Å². The van der Waals surface area contributed by atoms with Crippen molar-refractivity contribution < 1.29 is 9.47 Å². The summed E-state index contributed by atoms with van der Waals surface area (Å²) in [6.07, 6.45) is 1.60. The van der Waals surface area contributed by atoms with Crippen molar-refractivity contribution in [2.45, 2.75) is 13.5 Å². The van der Waals surface area contributed by atoms with E-state index in [1.54, 1.807) is 20.2 Å². The number of anilines is 1. The first-order valence-corrected chi connectivity index (χ1v) is 8.36. The second-order valence-corrected chi connectivity index (χ2v) is 5.79. The minimum absolute atomic E-state index is 0.234. The molecular weight excluding hydrogens is 344 g/mol. The maximum atomic E-state index is 11.4. The summed E-state index contributed by atoms with van der Waals surface area (Å²) in [5.74, 6) is 1.54. The lowest BCUT2D eigenvalue weighted by Gasteiger charge is -2.11. The summed E-state index contributed by atoms with van der Waals surface area (Å²) in [6.45, 7) is 2.20. The zero-order chi connectivity index (χ0) is 19.1. The number of hydrogen-bond donors (Lipinski definition) is 2. The number of hydrogen-bond acceptors (Lipinski definition) is 6. The number of aromatic amines is 1. The van der Waals surface area contributed by atoms with Gasteiger partial charge in [0.05, 0.1) is 13.3 Å². The maximum absolute atomic E-state index is 11.4. The van der Waals surface area contributed by atoms with E-state index < -0.39 is 0 Å². The van der Waals surface area contributed by atoms with E-state index in [4.69, 9.17) is 9.47 Å². The van der Waals surface area contributed by atoms with Crippen LogP contribution in [-0.2, 0) is 6.61 Å². The fraction of sp³-hybridized carbons (Fsp3) is 0.150. The van der Waals surface area contributed by atoms with E-state index in [9.17, 15) is 4.79 Å². The number of methoxy groups -OCH3 is 1. The molecule has 3 aromatic rings. The molecule has 7 nitrogen and oxygen atoms in total. The molecule has 0 amide bonds. The highest BCUT2D eigenvalue weighted by Crippen LogP contribution is 2.28. The molecule has 1 heterocycles. The average molecular weight is 364 g/mol. The molecule has 27 heavy (non-hydrogen) atoms. The van der Waals surface area contributed by atoms with Crippen LogP contribution in [0.4, 0.5) is 5.95 Å². The smallest absolute Gasteiger partial charge is 0.252 e. The minimum atomic E-state index is -0.234. The first-order chi connectivity index (χ1) is 13.1. The number of rotatable bonds is 7. The first-order valence-electron chi connectivity index (χ1n) is 8.36. The van der Waals surface area contributed by atoms with Gasteiger partial charge in [-0.15, -0.1) is 0 Å². The summed E-state index contributed by atoms with van der Waals surface area (Å²) in [5.41, 5.74) is 4.96. The largest absolute Gasteiger partial charge is 0.493 e. The number of nitrogens with zero attached hydrogens (tertiary/aromatic N) is 2. The van der Waals surface area contributed by atoms with Gasteiger partial charge in [-0.3, -0.25) is 9.78 Å². The van der Waals surface area contributed by atoms with Crippen LogP contribution in [0.3, 0.4) is 0 Å². The Labute approximate surface area is 156 Å². The summed E-state index contributed by atoms with van der Waals surface area (Å²) >= 11 is 0. The fourth-order valence-electron chi connectivity index (χ4n) is 2.42. The van der Waals surface area contributed by atoms with Crippen molar-refractivity contribution in [1.82, 2.24) is 9.97 Å². The number of hydrazone groups is 1. The second kappa shape index (κ2) is 8.66. The van der Waals surface area contributed by atoms with Gasteiger partial charge in [-0.1, -0.05) is 30.3 Å². The molecule has 2 aromatic carbocycles. The Morgan fingerprint density at radius 1 is 1.15 bits per heavy atom. The zero-order valence-corrected chi connectivity index (χ0v) is 15.1. The van der Waals surface area contributed by atoms with Crippen LogP contribution in [0.25, 0.3) is 0 Å². The average Bonchev–Trinajstić information content (AvgIpc) is 2.67. The molecule has 0 unspecified atom stereocenters. The van der Waals surface area contributed by atoms with E-state index in [1.807, 2.05) is 48.5 Å². The number of nitrogens with one attached hydrogen (secondary N) is 2. The van der Waals surface area contributed by atoms with Crippen LogP contribution in [0.2, 0.25) is 0 Å². The van der Waals surface area contributed by atoms with Crippen LogP contribution >= 0.6 is 0 Å². The van der Waals surface area contributed by atoms with Gasteiger partial charge < -0.3 is 9.47 Å². The van der Waals surface area contributed by atoms with E-state index in [-0.39, 0.29) is 11.5 Å². The predicted molar refractivity (Wildman–Crippen MR) is 105 cm³/mol. The lowest BCUT2D eigenvalue weighted by Crippen LogP contribution is -2.10. The monoisotopic (exact) mass is 364 g/mol. The molecule has 3 rings (SSSR count). The van der Waals surface area contributed by atoms with E-state index in [0.29, 0.717) is 23.8 Å². The van der Waals surface area contributed by atoms with E-state index >= 15 is 0 Å². The molecule has 0 aliphatic rings. The molecule has 0 aliphatic heterocycles. The van der Waals surface area contributed by atoms with Gasteiger partial charge in [0.2, 0.25) is 5.95 Å². The molecule has 7 heteroatoms. The van der Waals surface area contributed by atoms with Gasteiger partial charge in [0.15, 0.2) is 11.5 Å². The SMILES string of the molecule is COc1cc(/C=N\Nc2nc(C)cc(=O)[nH]2)ccc1OCc1ccccc1. The van der Waals surface area contributed by atoms with Gasteiger partial charge in [-0.05, 0) is 36.2 Å². The lowest BCUT2D eigenvalue weighted by atomic mass is 10.2. The van der Waals surface area contributed by atoms with E-state index in [1.165, 1.54) is 6.07 Å². The third-order valence-electron chi connectivity index (χ3n) is 3.68. The number of benzene rings is 2. The Bertz CT molecular complexity index is 984. The number of aryl methyl sites for hydroxylation is 1. The van der Waals surface area contributed by atoms with Crippen LogP contribution < -0.4 is 20.5 Å². The summed E-state index contributed by atoms with van der Waals surface area (Å²) in [7, 11) is 1.59. The Hall–Kier alpha value is -3.61. The van der Waals surface area contributed by atoms with Gasteiger partial charge in [0.1, 0.15) is 6.61 Å². The Balaban J connectivity index is 1.67. The van der Waals surface area contributed by atoms with Gasteiger partial charge in [-0.2, -0.15) is 5.10 Å². The molecule has 0 atom stereocenters. The lowest BCUT2D eigenvalue weighted by molar-refractivity contribution is 0.284. The Morgan fingerprint density at radius 2 is 1.96 bits per heavy atom. The molecule has 0 saturated heterocycles. The normalized spacial score (nSPS) is 10.7. The van der Waals surface area contributed by atoms with Gasteiger partial charge >= 0.3 is 0 Å². The van der Waals surface area contributed by atoms with Crippen LogP contribution in [0.15, 0.2) is 64.5 Å².